The summed E-state index contributed by atoms with van der Waals surface area (Å²) in [6.45, 7) is 15.0. The fourth-order valence-corrected chi connectivity index (χ4v) is 3.86. The van der Waals surface area contributed by atoms with Gasteiger partial charge in [0.25, 0.3) is 0 Å². The summed E-state index contributed by atoms with van der Waals surface area (Å²) in [5, 5.41) is 0. The number of ether oxygens (including phenoxy) is 2. The largest absolute Gasteiger partial charge is 0.444 e. The van der Waals surface area contributed by atoms with Gasteiger partial charge in [0.15, 0.2) is 5.78 Å². The van der Waals surface area contributed by atoms with Gasteiger partial charge in [0, 0.05) is 58.3 Å². The molecule has 2 rings (SSSR count). The number of Topliss-reactive ketones (excluding diaryl/α,β-unsaturated/α-hetero) is 1. The molecule has 0 aliphatic carbocycles. The monoisotopic (exact) mass is 509 g/mol. The molecule has 0 aromatic heterocycles. The lowest BCUT2D eigenvalue weighted by atomic mass is 9.94. The van der Waals surface area contributed by atoms with E-state index in [4.69, 9.17) is 9.47 Å². The molecule has 0 saturated carbocycles. The minimum absolute atomic E-state index is 0.0127. The molecule has 2 unspecified atom stereocenters. The molecule has 0 aromatic carbocycles. The highest BCUT2D eigenvalue weighted by molar-refractivity contribution is 5.92. The fourth-order valence-electron chi connectivity index (χ4n) is 3.86. The number of amides is 2. The third-order valence-corrected chi connectivity index (χ3v) is 5.66. The molecule has 2 aliphatic heterocycles. The second kappa shape index (κ2) is 13.7. The zero-order valence-electron chi connectivity index (χ0n) is 23.8. The number of carbonyl (C=O) groups is 4. The van der Waals surface area contributed by atoms with Gasteiger partial charge in [-0.2, -0.15) is 0 Å². The van der Waals surface area contributed by atoms with E-state index in [0.717, 1.165) is 25.7 Å². The maximum Gasteiger partial charge on any atom is 0.410 e. The maximum atomic E-state index is 12.1. The first-order valence-electron chi connectivity index (χ1n) is 12.8. The number of nitrogens with zero attached hydrogens (tertiary/aromatic N) is 3. The van der Waals surface area contributed by atoms with Gasteiger partial charge in [-0.1, -0.05) is 0 Å². The van der Waals surface area contributed by atoms with Gasteiger partial charge in [-0.15, -0.1) is 0 Å². The van der Waals surface area contributed by atoms with Crippen LogP contribution in [-0.4, -0.2) is 89.9 Å². The third kappa shape index (κ3) is 12.4. The molecule has 9 heteroatoms. The van der Waals surface area contributed by atoms with Crippen LogP contribution in [0.4, 0.5) is 9.59 Å². The normalized spacial score (nSPS) is 20.8. The summed E-state index contributed by atoms with van der Waals surface area (Å²) >= 11 is 0. The zero-order chi connectivity index (χ0) is 27.7. The maximum absolute atomic E-state index is 12.1. The van der Waals surface area contributed by atoms with Gasteiger partial charge < -0.3 is 24.2 Å². The molecule has 2 heterocycles. The SMILES string of the molecule is CC(=O)C1CCCN(C(=O)OC(C)(C)C)C1.CN(C)/C=C\C(=O)C1CCCN(C(=O)OC(C)(C)C)C1. The van der Waals surface area contributed by atoms with Gasteiger partial charge >= 0.3 is 12.2 Å². The Morgan fingerprint density at radius 2 is 1.19 bits per heavy atom. The Morgan fingerprint density at radius 3 is 1.58 bits per heavy atom. The average Bonchev–Trinajstić information content (AvgIpc) is 2.75. The Morgan fingerprint density at radius 1 is 0.778 bits per heavy atom. The Kier molecular flexibility index (Phi) is 11.9. The lowest BCUT2D eigenvalue weighted by Crippen LogP contribution is -2.44. The summed E-state index contributed by atoms with van der Waals surface area (Å²) in [5.74, 6) is 0.106. The van der Waals surface area contributed by atoms with Crippen molar-refractivity contribution in [3.8, 4) is 0 Å². The van der Waals surface area contributed by atoms with E-state index in [-0.39, 0.29) is 35.6 Å². The number of carbonyl (C=O) groups excluding carboxylic acids is 4. The number of rotatable bonds is 4. The Labute approximate surface area is 217 Å². The lowest BCUT2D eigenvalue weighted by molar-refractivity contribution is -0.122. The van der Waals surface area contributed by atoms with Gasteiger partial charge in [0.05, 0.1) is 0 Å². The molecule has 206 valence electrons. The van der Waals surface area contributed by atoms with Gasteiger partial charge in [0.1, 0.15) is 17.0 Å². The third-order valence-electron chi connectivity index (χ3n) is 5.66. The Balaban J connectivity index is 0.000000369. The first-order chi connectivity index (χ1) is 16.5. The van der Waals surface area contributed by atoms with E-state index in [1.54, 1.807) is 29.0 Å². The number of piperidine rings is 2. The summed E-state index contributed by atoms with van der Waals surface area (Å²) in [5.41, 5.74) is -0.973. The van der Waals surface area contributed by atoms with E-state index in [9.17, 15) is 19.2 Å². The fraction of sp³-hybridized carbons (Fsp3) is 0.778. The van der Waals surface area contributed by atoms with E-state index >= 15 is 0 Å². The molecule has 2 saturated heterocycles. The van der Waals surface area contributed by atoms with Crippen molar-refractivity contribution in [2.45, 2.75) is 85.4 Å². The number of ketones is 2. The zero-order valence-corrected chi connectivity index (χ0v) is 23.8. The van der Waals surface area contributed by atoms with Crippen molar-refractivity contribution in [2.24, 2.45) is 11.8 Å². The first-order valence-corrected chi connectivity index (χ1v) is 12.8. The summed E-state index contributed by atoms with van der Waals surface area (Å²) in [7, 11) is 3.75. The molecule has 0 radical (unpaired) electrons. The van der Waals surface area contributed by atoms with Crippen molar-refractivity contribution >= 4 is 23.8 Å². The molecule has 9 nitrogen and oxygen atoms in total. The van der Waals surface area contributed by atoms with Crippen molar-refractivity contribution in [1.29, 1.82) is 0 Å². The van der Waals surface area contributed by atoms with E-state index < -0.39 is 11.2 Å². The minimum atomic E-state index is -0.501. The summed E-state index contributed by atoms with van der Waals surface area (Å²) < 4.78 is 10.6. The average molecular weight is 510 g/mol. The predicted octanol–water partition coefficient (Wildman–Crippen LogP) is 4.50. The van der Waals surface area contributed by atoms with E-state index in [1.807, 2.05) is 60.5 Å². The van der Waals surface area contributed by atoms with Crippen LogP contribution in [0.15, 0.2) is 12.3 Å². The molecule has 2 fully saturated rings. The summed E-state index contributed by atoms with van der Waals surface area (Å²) in [4.78, 5) is 52.2. The number of hydrogen-bond donors (Lipinski definition) is 0. The van der Waals surface area contributed by atoms with Crippen LogP contribution >= 0.6 is 0 Å². The summed E-state index contributed by atoms with van der Waals surface area (Å²) in [6, 6.07) is 0. The van der Waals surface area contributed by atoms with E-state index in [1.165, 1.54) is 0 Å². The van der Waals surface area contributed by atoms with Crippen LogP contribution in [0.5, 0.6) is 0 Å². The van der Waals surface area contributed by atoms with Crippen molar-refractivity contribution in [3.63, 3.8) is 0 Å². The summed E-state index contributed by atoms with van der Waals surface area (Å²) in [6.07, 6.45) is 6.13. The molecule has 2 amide bonds. The highest BCUT2D eigenvalue weighted by Crippen LogP contribution is 2.21. The number of allylic oxidation sites excluding steroid dienone is 1. The van der Waals surface area contributed by atoms with Gasteiger partial charge in [-0.05, 0) is 80.2 Å². The quantitative estimate of drug-likeness (QED) is 0.515. The van der Waals surface area contributed by atoms with Crippen LogP contribution in [0.1, 0.15) is 74.1 Å². The Bertz CT molecular complexity index is 794. The van der Waals surface area contributed by atoms with E-state index in [0.29, 0.717) is 26.2 Å². The first kappa shape index (κ1) is 31.4. The van der Waals surface area contributed by atoms with Crippen LogP contribution in [0.2, 0.25) is 0 Å². The molecule has 36 heavy (non-hydrogen) atoms. The minimum Gasteiger partial charge on any atom is -0.444 e. The van der Waals surface area contributed by atoms with Crippen molar-refractivity contribution in [1.82, 2.24) is 14.7 Å². The predicted molar refractivity (Wildman–Crippen MR) is 140 cm³/mol. The second-order valence-electron chi connectivity index (χ2n) is 11.8. The van der Waals surface area contributed by atoms with Crippen LogP contribution < -0.4 is 0 Å². The molecular formula is C27H47N3O6. The standard InChI is InChI=1S/C15H26N2O3.C12H21NO3/c1-15(2,3)20-14(19)17-9-6-7-12(11-17)13(18)8-10-16(4)5;1-9(14)10-6-5-7-13(8-10)11(15)16-12(2,3)4/h8,10,12H,6-7,9,11H2,1-5H3;10H,5-8H2,1-4H3/b10-8-;. The van der Waals surface area contributed by atoms with Crippen molar-refractivity contribution < 1.29 is 28.7 Å². The van der Waals surface area contributed by atoms with Gasteiger partial charge in [-0.3, -0.25) is 9.59 Å². The molecule has 0 aromatic rings. The van der Waals surface area contributed by atoms with Crippen LogP contribution in [-0.2, 0) is 19.1 Å². The molecular weight excluding hydrogens is 462 g/mol. The molecule has 0 spiro atoms. The lowest BCUT2D eigenvalue weighted by Gasteiger charge is -2.33. The number of likely N-dealkylation sites (tertiary alicyclic amines) is 2. The molecule has 0 N–H and O–H groups in total. The molecule has 2 aliphatic rings. The smallest absolute Gasteiger partial charge is 0.410 e. The second-order valence-corrected chi connectivity index (χ2v) is 11.8. The highest BCUT2D eigenvalue weighted by Gasteiger charge is 2.31. The van der Waals surface area contributed by atoms with E-state index in [2.05, 4.69) is 0 Å². The van der Waals surface area contributed by atoms with Crippen molar-refractivity contribution in [3.05, 3.63) is 12.3 Å². The Hall–Kier alpha value is -2.58. The molecule has 0 bridgehead atoms. The molecule has 2 atom stereocenters. The van der Waals surface area contributed by atoms with Crippen LogP contribution in [0, 0.1) is 11.8 Å². The highest BCUT2D eigenvalue weighted by atomic mass is 16.6. The van der Waals surface area contributed by atoms with Gasteiger partial charge in [-0.25, -0.2) is 9.59 Å². The van der Waals surface area contributed by atoms with Crippen molar-refractivity contribution in [2.75, 3.05) is 40.3 Å². The van der Waals surface area contributed by atoms with Crippen LogP contribution in [0.3, 0.4) is 0 Å². The van der Waals surface area contributed by atoms with Gasteiger partial charge in [0.2, 0.25) is 0 Å². The topological polar surface area (TPSA) is 96.5 Å². The number of hydrogen-bond acceptors (Lipinski definition) is 7. The van der Waals surface area contributed by atoms with Crippen LogP contribution in [0.25, 0.3) is 0 Å².